The standard InChI is InChI=1S/C22H24FN3O3/c1-3-25(4-2)12-13-26-19(16-6-5-11-24-14-16)18(21(28)22(26)29)20(27)15-7-9-17(23)10-8-15/h5-11,14,19,27H,3-4,12-13H2,1-2H3/p+1/b20-18-/t19-/m0/s1. The van der Waals surface area contributed by atoms with Gasteiger partial charge in [0.15, 0.2) is 0 Å². The molecular weight excluding hydrogens is 373 g/mol. The number of aliphatic hydroxyl groups excluding tert-OH is 1. The maximum absolute atomic E-state index is 13.3. The van der Waals surface area contributed by atoms with Gasteiger partial charge >= 0.3 is 0 Å². The number of hydrogen-bond acceptors (Lipinski definition) is 4. The molecule has 2 heterocycles. The fraction of sp³-hybridized carbons (Fsp3) is 0.318. The van der Waals surface area contributed by atoms with Crippen molar-refractivity contribution in [2.75, 3.05) is 26.2 Å². The molecule has 1 atom stereocenters. The molecule has 1 aromatic heterocycles. The zero-order valence-electron chi connectivity index (χ0n) is 16.6. The first kappa shape index (κ1) is 20.7. The molecule has 0 unspecified atom stereocenters. The number of benzene rings is 1. The summed E-state index contributed by atoms with van der Waals surface area (Å²) in [6.07, 6.45) is 3.20. The molecule has 1 fully saturated rings. The van der Waals surface area contributed by atoms with Gasteiger partial charge < -0.3 is 14.9 Å². The number of pyridine rings is 1. The van der Waals surface area contributed by atoms with Crippen LogP contribution in [0.4, 0.5) is 4.39 Å². The predicted octanol–water partition coefficient (Wildman–Crippen LogP) is 1.57. The van der Waals surface area contributed by atoms with E-state index in [9.17, 15) is 19.1 Å². The lowest BCUT2D eigenvalue weighted by Crippen LogP contribution is -3.12. The van der Waals surface area contributed by atoms with Crippen LogP contribution in [-0.4, -0.2) is 52.9 Å². The molecule has 0 saturated carbocycles. The number of aromatic nitrogens is 1. The van der Waals surface area contributed by atoms with Gasteiger partial charge in [0.1, 0.15) is 11.6 Å². The average molecular weight is 398 g/mol. The Morgan fingerprint density at radius 3 is 2.45 bits per heavy atom. The van der Waals surface area contributed by atoms with Crippen molar-refractivity contribution in [2.24, 2.45) is 0 Å². The summed E-state index contributed by atoms with van der Waals surface area (Å²) < 4.78 is 13.3. The highest BCUT2D eigenvalue weighted by Crippen LogP contribution is 2.38. The van der Waals surface area contributed by atoms with E-state index < -0.39 is 23.5 Å². The van der Waals surface area contributed by atoms with E-state index in [1.54, 1.807) is 24.5 Å². The summed E-state index contributed by atoms with van der Waals surface area (Å²) in [4.78, 5) is 32.6. The summed E-state index contributed by atoms with van der Waals surface area (Å²) in [5.74, 6) is -2.15. The number of aliphatic hydroxyl groups is 1. The minimum atomic E-state index is -0.741. The Morgan fingerprint density at radius 2 is 1.86 bits per heavy atom. The number of halogens is 1. The van der Waals surface area contributed by atoms with Gasteiger partial charge in [-0.25, -0.2) is 4.39 Å². The van der Waals surface area contributed by atoms with Gasteiger partial charge in [0.2, 0.25) is 0 Å². The summed E-state index contributed by atoms with van der Waals surface area (Å²) in [5, 5.41) is 10.9. The van der Waals surface area contributed by atoms with E-state index in [0.717, 1.165) is 13.1 Å². The molecule has 1 saturated heterocycles. The largest absolute Gasteiger partial charge is 0.507 e. The van der Waals surface area contributed by atoms with Crippen molar-refractivity contribution in [1.29, 1.82) is 0 Å². The van der Waals surface area contributed by atoms with Crippen LogP contribution in [0.25, 0.3) is 5.76 Å². The Labute approximate surface area is 169 Å². The molecule has 0 bridgehead atoms. The Morgan fingerprint density at radius 1 is 1.17 bits per heavy atom. The summed E-state index contributed by atoms with van der Waals surface area (Å²) in [6, 6.07) is 7.95. The molecule has 1 aromatic carbocycles. The van der Waals surface area contributed by atoms with Crippen LogP contribution < -0.4 is 4.90 Å². The van der Waals surface area contributed by atoms with E-state index in [4.69, 9.17) is 0 Å². The number of amides is 1. The Bertz CT molecular complexity index is 909. The number of rotatable bonds is 7. The van der Waals surface area contributed by atoms with Crippen molar-refractivity contribution < 1.29 is 24.0 Å². The first-order valence-corrected chi connectivity index (χ1v) is 9.75. The SMILES string of the molecule is CC[NH+](CC)CCN1C(=O)C(=O)/C(=C(\O)c2ccc(F)cc2)[C@@H]1c1cccnc1. The van der Waals surface area contributed by atoms with E-state index >= 15 is 0 Å². The number of nitrogens with zero attached hydrogens (tertiary/aromatic N) is 2. The average Bonchev–Trinajstić information content (AvgIpc) is 3.00. The van der Waals surface area contributed by atoms with E-state index in [2.05, 4.69) is 18.8 Å². The molecule has 0 aliphatic carbocycles. The van der Waals surface area contributed by atoms with Crippen LogP contribution in [0, 0.1) is 5.82 Å². The van der Waals surface area contributed by atoms with E-state index in [1.807, 2.05) is 0 Å². The van der Waals surface area contributed by atoms with Gasteiger partial charge in [0.25, 0.3) is 11.7 Å². The van der Waals surface area contributed by atoms with Crippen molar-refractivity contribution in [3.05, 3.63) is 71.3 Å². The van der Waals surface area contributed by atoms with Crippen molar-refractivity contribution >= 4 is 17.4 Å². The van der Waals surface area contributed by atoms with E-state index in [1.165, 1.54) is 34.1 Å². The number of likely N-dealkylation sites (N-methyl/N-ethyl adjacent to an activating group) is 1. The third-order valence-electron chi connectivity index (χ3n) is 5.36. The molecule has 1 aliphatic heterocycles. The normalized spacial score (nSPS) is 18.6. The Hall–Kier alpha value is -3.06. The quantitative estimate of drug-likeness (QED) is 0.422. The Kier molecular flexibility index (Phi) is 6.39. The van der Waals surface area contributed by atoms with Gasteiger partial charge in [-0.15, -0.1) is 0 Å². The molecule has 2 N–H and O–H groups in total. The summed E-state index contributed by atoms with van der Waals surface area (Å²) >= 11 is 0. The minimum Gasteiger partial charge on any atom is -0.507 e. The summed E-state index contributed by atoms with van der Waals surface area (Å²) in [5.41, 5.74) is 0.932. The maximum Gasteiger partial charge on any atom is 0.295 e. The molecule has 7 heteroatoms. The maximum atomic E-state index is 13.3. The minimum absolute atomic E-state index is 0.00385. The second kappa shape index (κ2) is 8.96. The van der Waals surface area contributed by atoms with Crippen LogP contribution in [0.1, 0.15) is 31.0 Å². The summed E-state index contributed by atoms with van der Waals surface area (Å²) in [7, 11) is 0. The third-order valence-corrected chi connectivity index (χ3v) is 5.36. The second-order valence-electron chi connectivity index (χ2n) is 6.99. The van der Waals surface area contributed by atoms with Crippen LogP contribution in [-0.2, 0) is 9.59 Å². The number of carbonyl (C=O) groups is 2. The van der Waals surface area contributed by atoms with Gasteiger partial charge in [-0.2, -0.15) is 0 Å². The van der Waals surface area contributed by atoms with Gasteiger partial charge in [0.05, 0.1) is 37.8 Å². The molecule has 0 radical (unpaired) electrons. The molecule has 152 valence electrons. The van der Waals surface area contributed by atoms with E-state index in [-0.39, 0.29) is 16.9 Å². The smallest absolute Gasteiger partial charge is 0.295 e. The van der Waals surface area contributed by atoms with Crippen molar-refractivity contribution in [1.82, 2.24) is 9.88 Å². The molecular formula is C22H25FN3O3+. The predicted molar refractivity (Wildman–Crippen MR) is 107 cm³/mol. The zero-order chi connectivity index (χ0) is 21.0. The first-order chi connectivity index (χ1) is 14.0. The molecule has 1 amide bonds. The molecule has 2 aromatic rings. The number of hydrogen-bond donors (Lipinski definition) is 2. The Balaban J connectivity index is 2.06. The number of nitrogens with one attached hydrogen (secondary N) is 1. The lowest BCUT2D eigenvalue weighted by Gasteiger charge is -2.26. The fourth-order valence-corrected chi connectivity index (χ4v) is 3.64. The topological polar surface area (TPSA) is 74.9 Å². The zero-order valence-corrected chi connectivity index (χ0v) is 16.6. The van der Waals surface area contributed by atoms with Gasteiger partial charge in [-0.05, 0) is 49.7 Å². The van der Waals surface area contributed by atoms with Crippen LogP contribution in [0.5, 0.6) is 0 Å². The van der Waals surface area contributed by atoms with Crippen LogP contribution in [0.15, 0.2) is 54.4 Å². The van der Waals surface area contributed by atoms with Crippen molar-refractivity contribution in [3.63, 3.8) is 0 Å². The highest BCUT2D eigenvalue weighted by Gasteiger charge is 2.46. The number of ketones is 1. The lowest BCUT2D eigenvalue weighted by molar-refractivity contribution is -0.895. The van der Waals surface area contributed by atoms with Gasteiger partial charge in [-0.1, -0.05) is 6.07 Å². The highest BCUT2D eigenvalue weighted by molar-refractivity contribution is 6.46. The summed E-state index contributed by atoms with van der Waals surface area (Å²) in [6.45, 7) is 7.02. The van der Waals surface area contributed by atoms with Crippen LogP contribution in [0.2, 0.25) is 0 Å². The second-order valence-corrected chi connectivity index (χ2v) is 6.99. The molecule has 3 rings (SSSR count). The lowest BCUT2D eigenvalue weighted by atomic mass is 9.96. The third kappa shape index (κ3) is 4.19. The number of Topliss-reactive ketones (excluding diaryl/α,β-unsaturated/α-hetero) is 1. The van der Waals surface area contributed by atoms with Crippen LogP contribution in [0.3, 0.4) is 0 Å². The van der Waals surface area contributed by atoms with Crippen LogP contribution >= 0.6 is 0 Å². The molecule has 1 aliphatic rings. The highest BCUT2D eigenvalue weighted by atomic mass is 19.1. The van der Waals surface area contributed by atoms with Crippen molar-refractivity contribution in [2.45, 2.75) is 19.9 Å². The number of quaternary nitrogens is 1. The van der Waals surface area contributed by atoms with Crippen molar-refractivity contribution in [3.8, 4) is 0 Å². The fourth-order valence-electron chi connectivity index (χ4n) is 3.64. The number of likely N-dealkylation sites (tertiary alicyclic amines) is 1. The first-order valence-electron chi connectivity index (χ1n) is 9.75. The molecule has 6 nitrogen and oxygen atoms in total. The molecule has 0 spiro atoms. The van der Waals surface area contributed by atoms with Gasteiger partial charge in [-0.3, -0.25) is 14.6 Å². The molecule has 29 heavy (non-hydrogen) atoms. The monoisotopic (exact) mass is 398 g/mol. The number of carbonyl (C=O) groups excluding carboxylic acids is 2. The van der Waals surface area contributed by atoms with E-state index in [0.29, 0.717) is 18.7 Å². The van der Waals surface area contributed by atoms with Gasteiger partial charge in [0, 0.05) is 18.0 Å².